The number of piperidine rings is 1. The van der Waals surface area contributed by atoms with Crippen molar-refractivity contribution in [2.75, 3.05) is 33.4 Å². The second kappa shape index (κ2) is 6.80. The molecule has 0 aromatic rings. The topological polar surface area (TPSA) is 50.4 Å². The van der Waals surface area contributed by atoms with E-state index in [-0.39, 0.29) is 11.8 Å². The van der Waals surface area contributed by atoms with Crippen molar-refractivity contribution in [3.8, 4) is 0 Å². The fraction of sp³-hybridized carbons (Fsp3) is 0.909. The molecule has 1 amide bonds. The molecule has 0 bridgehead atoms. The minimum absolute atomic E-state index is 0.161. The van der Waals surface area contributed by atoms with Crippen LogP contribution < -0.4 is 10.6 Å². The van der Waals surface area contributed by atoms with Gasteiger partial charge in [0.05, 0.1) is 12.5 Å². The molecule has 88 valence electrons. The molecule has 0 spiro atoms. The zero-order valence-electron chi connectivity index (χ0n) is 9.71. The van der Waals surface area contributed by atoms with Gasteiger partial charge >= 0.3 is 0 Å². The molecule has 1 aliphatic heterocycles. The van der Waals surface area contributed by atoms with Gasteiger partial charge in [-0.1, -0.05) is 6.92 Å². The van der Waals surface area contributed by atoms with Crippen LogP contribution in [-0.2, 0) is 9.53 Å². The molecular formula is C11H22N2O2. The van der Waals surface area contributed by atoms with Gasteiger partial charge in [-0.2, -0.15) is 0 Å². The van der Waals surface area contributed by atoms with Crippen LogP contribution in [-0.4, -0.2) is 39.3 Å². The van der Waals surface area contributed by atoms with Crippen molar-refractivity contribution in [2.24, 2.45) is 11.8 Å². The number of nitrogens with one attached hydrogen (secondary N) is 2. The summed E-state index contributed by atoms with van der Waals surface area (Å²) in [7, 11) is 1.68. The van der Waals surface area contributed by atoms with E-state index in [1.165, 1.54) is 0 Å². The van der Waals surface area contributed by atoms with Crippen LogP contribution in [0.4, 0.5) is 0 Å². The van der Waals surface area contributed by atoms with Crippen molar-refractivity contribution >= 4 is 5.91 Å². The summed E-state index contributed by atoms with van der Waals surface area (Å²) in [6.45, 7) is 5.35. The SMILES string of the molecule is COCC(C)CNC(=O)[C@@H]1CCCNC1. The molecule has 1 heterocycles. The Labute approximate surface area is 91.8 Å². The van der Waals surface area contributed by atoms with Gasteiger partial charge in [-0.25, -0.2) is 0 Å². The van der Waals surface area contributed by atoms with Crippen LogP contribution in [0.3, 0.4) is 0 Å². The third kappa shape index (κ3) is 4.62. The van der Waals surface area contributed by atoms with Crippen LogP contribution in [0.1, 0.15) is 19.8 Å². The number of carbonyl (C=O) groups is 1. The van der Waals surface area contributed by atoms with E-state index >= 15 is 0 Å². The van der Waals surface area contributed by atoms with Gasteiger partial charge in [-0.05, 0) is 25.3 Å². The Morgan fingerprint density at radius 2 is 2.47 bits per heavy atom. The van der Waals surface area contributed by atoms with E-state index in [2.05, 4.69) is 17.6 Å². The summed E-state index contributed by atoms with van der Waals surface area (Å²) in [5.41, 5.74) is 0. The highest BCUT2D eigenvalue weighted by Gasteiger charge is 2.20. The van der Waals surface area contributed by atoms with E-state index < -0.39 is 0 Å². The van der Waals surface area contributed by atoms with Gasteiger partial charge in [-0.3, -0.25) is 4.79 Å². The lowest BCUT2D eigenvalue weighted by atomic mass is 9.98. The van der Waals surface area contributed by atoms with Crippen molar-refractivity contribution in [3.63, 3.8) is 0 Å². The Bertz CT molecular complexity index is 191. The number of methoxy groups -OCH3 is 1. The molecule has 0 aromatic carbocycles. The van der Waals surface area contributed by atoms with Crippen molar-refractivity contribution < 1.29 is 9.53 Å². The highest BCUT2D eigenvalue weighted by Crippen LogP contribution is 2.09. The molecule has 4 nitrogen and oxygen atoms in total. The van der Waals surface area contributed by atoms with Crippen LogP contribution in [0, 0.1) is 11.8 Å². The maximum atomic E-state index is 11.7. The predicted molar refractivity (Wildman–Crippen MR) is 59.6 cm³/mol. The molecule has 1 aliphatic rings. The van der Waals surface area contributed by atoms with E-state index in [1.54, 1.807) is 7.11 Å². The van der Waals surface area contributed by atoms with Crippen molar-refractivity contribution in [1.82, 2.24) is 10.6 Å². The van der Waals surface area contributed by atoms with Crippen molar-refractivity contribution in [1.29, 1.82) is 0 Å². The Morgan fingerprint density at radius 3 is 3.07 bits per heavy atom. The first-order valence-electron chi connectivity index (χ1n) is 5.71. The highest BCUT2D eigenvalue weighted by atomic mass is 16.5. The molecule has 0 saturated carbocycles. The van der Waals surface area contributed by atoms with Gasteiger partial charge in [0.25, 0.3) is 0 Å². The molecule has 1 saturated heterocycles. The maximum absolute atomic E-state index is 11.7. The number of hydrogen-bond donors (Lipinski definition) is 2. The molecule has 1 unspecified atom stereocenters. The average molecular weight is 214 g/mol. The van der Waals surface area contributed by atoms with Crippen LogP contribution in [0.25, 0.3) is 0 Å². The summed E-state index contributed by atoms with van der Waals surface area (Å²) < 4.78 is 5.02. The zero-order valence-corrected chi connectivity index (χ0v) is 9.71. The molecule has 0 radical (unpaired) electrons. The van der Waals surface area contributed by atoms with Gasteiger partial charge in [-0.15, -0.1) is 0 Å². The first-order chi connectivity index (χ1) is 7.24. The van der Waals surface area contributed by atoms with Crippen LogP contribution in [0.5, 0.6) is 0 Å². The number of hydrogen-bond acceptors (Lipinski definition) is 3. The normalized spacial score (nSPS) is 23.5. The molecule has 1 fully saturated rings. The number of amides is 1. The maximum Gasteiger partial charge on any atom is 0.224 e. The molecule has 1 rings (SSSR count). The van der Waals surface area contributed by atoms with Gasteiger partial charge < -0.3 is 15.4 Å². The molecule has 0 aliphatic carbocycles. The fourth-order valence-electron chi connectivity index (χ4n) is 1.84. The van der Waals surface area contributed by atoms with Crippen molar-refractivity contribution in [3.05, 3.63) is 0 Å². The summed E-state index contributed by atoms with van der Waals surface area (Å²) in [4.78, 5) is 11.7. The summed E-state index contributed by atoms with van der Waals surface area (Å²) in [5.74, 6) is 0.731. The zero-order chi connectivity index (χ0) is 11.1. The predicted octanol–water partition coefficient (Wildman–Crippen LogP) is 0.385. The van der Waals surface area contributed by atoms with E-state index in [0.717, 1.165) is 25.9 Å². The molecule has 0 aromatic heterocycles. The van der Waals surface area contributed by atoms with Crippen LogP contribution >= 0.6 is 0 Å². The quantitative estimate of drug-likeness (QED) is 0.696. The van der Waals surface area contributed by atoms with Crippen molar-refractivity contribution in [2.45, 2.75) is 19.8 Å². The highest BCUT2D eigenvalue weighted by molar-refractivity contribution is 5.78. The molecule has 4 heteroatoms. The first-order valence-corrected chi connectivity index (χ1v) is 5.71. The molecule has 15 heavy (non-hydrogen) atoms. The summed E-state index contributed by atoms with van der Waals surface area (Å²) in [6, 6.07) is 0. The third-order valence-corrected chi connectivity index (χ3v) is 2.74. The van der Waals surface area contributed by atoms with Gasteiger partial charge in [0.15, 0.2) is 0 Å². The summed E-state index contributed by atoms with van der Waals surface area (Å²) in [5, 5.41) is 6.22. The second-order valence-electron chi connectivity index (χ2n) is 4.35. The Kier molecular flexibility index (Phi) is 5.65. The first kappa shape index (κ1) is 12.5. The smallest absolute Gasteiger partial charge is 0.224 e. The lowest BCUT2D eigenvalue weighted by molar-refractivity contribution is -0.125. The van der Waals surface area contributed by atoms with E-state index in [4.69, 9.17) is 4.74 Å². The largest absolute Gasteiger partial charge is 0.384 e. The van der Waals surface area contributed by atoms with Gasteiger partial charge in [0.2, 0.25) is 5.91 Å². The number of ether oxygens (including phenoxy) is 1. The lowest BCUT2D eigenvalue weighted by Crippen LogP contribution is -2.42. The summed E-state index contributed by atoms with van der Waals surface area (Å²) in [6.07, 6.45) is 2.11. The fourth-order valence-corrected chi connectivity index (χ4v) is 1.84. The van der Waals surface area contributed by atoms with E-state index in [9.17, 15) is 4.79 Å². The second-order valence-corrected chi connectivity index (χ2v) is 4.35. The summed E-state index contributed by atoms with van der Waals surface area (Å²) >= 11 is 0. The third-order valence-electron chi connectivity index (χ3n) is 2.74. The standard InChI is InChI=1S/C11H22N2O2/c1-9(8-15-2)6-13-11(14)10-4-3-5-12-7-10/h9-10,12H,3-8H2,1-2H3,(H,13,14)/t9?,10-/m1/s1. The Balaban J connectivity index is 2.16. The monoisotopic (exact) mass is 214 g/mol. The minimum atomic E-state index is 0.161. The number of carbonyl (C=O) groups excluding carboxylic acids is 1. The van der Waals surface area contributed by atoms with Crippen LogP contribution in [0.15, 0.2) is 0 Å². The lowest BCUT2D eigenvalue weighted by Gasteiger charge is -2.22. The van der Waals surface area contributed by atoms with Crippen LogP contribution in [0.2, 0.25) is 0 Å². The van der Waals surface area contributed by atoms with Gasteiger partial charge in [0.1, 0.15) is 0 Å². The molecule has 2 N–H and O–H groups in total. The Hall–Kier alpha value is -0.610. The minimum Gasteiger partial charge on any atom is -0.384 e. The molecule has 2 atom stereocenters. The molecular weight excluding hydrogens is 192 g/mol. The van der Waals surface area contributed by atoms with E-state index in [1.807, 2.05) is 0 Å². The average Bonchev–Trinajstić information content (AvgIpc) is 2.27. The van der Waals surface area contributed by atoms with Gasteiger partial charge in [0, 0.05) is 20.2 Å². The van der Waals surface area contributed by atoms with E-state index in [0.29, 0.717) is 19.1 Å². The number of rotatable bonds is 5. The Morgan fingerprint density at radius 1 is 1.67 bits per heavy atom.